The fraction of sp³-hybridized carbons (Fsp3) is 0.0588. The number of ether oxygens (including phenoxy) is 1. The summed E-state index contributed by atoms with van der Waals surface area (Å²) in [6.45, 7) is 0. The summed E-state index contributed by atoms with van der Waals surface area (Å²) in [4.78, 5) is 28.2. The molecule has 0 radical (unpaired) electrons. The molecule has 3 rings (SSSR count). The molecular weight excluding hydrogens is 461 g/mol. The Balaban J connectivity index is 1.85. The molecule has 0 bridgehead atoms. The lowest BCUT2D eigenvalue weighted by Crippen LogP contribution is -2.35. The van der Waals surface area contributed by atoms with Crippen LogP contribution in [0.2, 0.25) is 10.0 Å². The number of benzene rings is 1. The molecule has 1 atom stereocenters. The van der Waals surface area contributed by atoms with Gasteiger partial charge in [0.15, 0.2) is 5.82 Å². The number of Topliss-reactive ketones (excluding diaryl/α,β-unsaturated/α-hetero) is 1. The van der Waals surface area contributed by atoms with Crippen LogP contribution in [0.15, 0.2) is 53.4 Å². The zero-order valence-electron chi connectivity index (χ0n) is 13.3. The van der Waals surface area contributed by atoms with E-state index in [4.69, 9.17) is 27.9 Å². The van der Waals surface area contributed by atoms with Crippen LogP contribution >= 0.6 is 39.1 Å². The minimum Gasteiger partial charge on any atom is -0.478 e. The Labute approximate surface area is 171 Å². The van der Waals surface area contributed by atoms with Crippen LogP contribution in [0.5, 0.6) is 5.75 Å². The average Bonchev–Trinajstić information content (AvgIpc) is 3.10. The van der Waals surface area contributed by atoms with Crippen LogP contribution in [0.3, 0.4) is 0 Å². The van der Waals surface area contributed by atoms with Crippen molar-refractivity contribution in [3.63, 3.8) is 0 Å². The van der Waals surface area contributed by atoms with Crippen LogP contribution < -0.4 is 4.74 Å². The summed E-state index contributed by atoms with van der Waals surface area (Å²) in [5.74, 6) is -1.69. The smallest absolute Gasteiger partial charge is 0.353 e. The molecular formula is C17H10BrCl2N3O4. The number of rotatable bonds is 6. The van der Waals surface area contributed by atoms with Gasteiger partial charge in [-0.05, 0) is 30.3 Å². The molecule has 0 aliphatic rings. The molecule has 1 unspecified atom stereocenters. The summed E-state index contributed by atoms with van der Waals surface area (Å²) in [5.41, 5.74) is 0.0346. The van der Waals surface area contributed by atoms with E-state index in [2.05, 4.69) is 26.0 Å². The summed E-state index contributed by atoms with van der Waals surface area (Å²) in [6.07, 6.45) is 2.20. The van der Waals surface area contributed by atoms with Crippen molar-refractivity contribution < 1.29 is 19.4 Å². The Hall–Kier alpha value is -2.42. The number of carboxylic acid groups (broad SMARTS) is 1. The molecule has 0 aliphatic carbocycles. The normalized spacial score (nSPS) is 11.8. The summed E-state index contributed by atoms with van der Waals surface area (Å²) >= 11 is 15.1. The number of aromatic nitrogens is 3. The van der Waals surface area contributed by atoms with Crippen molar-refractivity contribution in [3.05, 3.63) is 69.0 Å². The van der Waals surface area contributed by atoms with Crippen molar-refractivity contribution in [2.45, 2.75) is 6.10 Å². The second kappa shape index (κ2) is 8.08. The first-order chi connectivity index (χ1) is 12.8. The van der Waals surface area contributed by atoms with E-state index in [9.17, 15) is 14.7 Å². The van der Waals surface area contributed by atoms with Gasteiger partial charge in [-0.1, -0.05) is 39.1 Å². The Kier molecular flexibility index (Phi) is 5.79. The van der Waals surface area contributed by atoms with E-state index in [1.165, 1.54) is 29.3 Å². The number of hydrogen-bond acceptors (Lipinski definition) is 5. The first-order valence-electron chi connectivity index (χ1n) is 7.40. The van der Waals surface area contributed by atoms with Gasteiger partial charge in [-0.2, -0.15) is 5.10 Å². The van der Waals surface area contributed by atoms with E-state index in [0.29, 0.717) is 5.02 Å². The maximum Gasteiger partial charge on any atom is 0.353 e. The van der Waals surface area contributed by atoms with Gasteiger partial charge in [0.1, 0.15) is 5.75 Å². The van der Waals surface area contributed by atoms with E-state index in [1.807, 2.05) is 0 Å². The predicted octanol–water partition coefficient (Wildman–Crippen LogP) is 4.05. The highest BCUT2D eigenvalue weighted by atomic mass is 79.9. The van der Waals surface area contributed by atoms with Crippen molar-refractivity contribution in [1.29, 1.82) is 0 Å². The van der Waals surface area contributed by atoms with Gasteiger partial charge in [0, 0.05) is 16.9 Å². The Morgan fingerprint density at radius 3 is 2.52 bits per heavy atom. The SMILES string of the molecule is O=C(O)C(Oc1ccc(Br)cc1)C(=O)c1cnn(-c2ncc(Cl)cc2Cl)c1. The first-order valence-corrected chi connectivity index (χ1v) is 8.95. The third-order valence-electron chi connectivity index (χ3n) is 3.40. The second-order valence-corrected chi connectivity index (χ2v) is 7.05. The van der Waals surface area contributed by atoms with E-state index >= 15 is 0 Å². The van der Waals surface area contributed by atoms with E-state index in [-0.39, 0.29) is 22.2 Å². The summed E-state index contributed by atoms with van der Waals surface area (Å²) in [5, 5.41) is 14.0. The maximum absolute atomic E-state index is 12.6. The lowest BCUT2D eigenvalue weighted by molar-refractivity contribution is -0.142. The topological polar surface area (TPSA) is 94.3 Å². The van der Waals surface area contributed by atoms with Crippen LogP contribution in [0.1, 0.15) is 10.4 Å². The number of carboxylic acids is 1. The van der Waals surface area contributed by atoms with E-state index in [1.54, 1.807) is 24.3 Å². The van der Waals surface area contributed by atoms with Crippen LogP contribution in [0.25, 0.3) is 5.82 Å². The number of nitrogens with zero attached hydrogens (tertiary/aromatic N) is 3. The molecule has 10 heteroatoms. The van der Waals surface area contributed by atoms with Crippen molar-refractivity contribution >= 4 is 50.9 Å². The van der Waals surface area contributed by atoms with Gasteiger partial charge >= 0.3 is 5.97 Å². The lowest BCUT2D eigenvalue weighted by atomic mass is 10.1. The highest BCUT2D eigenvalue weighted by Gasteiger charge is 2.30. The quantitative estimate of drug-likeness (QED) is 0.431. The Morgan fingerprint density at radius 1 is 1.19 bits per heavy atom. The molecule has 0 aliphatic heterocycles. The van der Waals surface area contributed by atoms with E-state index in [0.717, 1.165) is 4.47 Å². The molecule has 0 amide bonds. The van der Waals surface area contributed by atoms with Gasteiger partial charge in [-0.15, -0.1) is 0 Å². The summed E-state index contributed by atoms with van der Waals surface area (Å²) in [6, 6.07) is 7.92. The zero-order valence-corrected chi connectivity index (χ0v) is 16.4. The Morgan fingerprint density at radius 2 is 1.89 bits per heavy atom. The number of carbonyl (C=O) groups excluding carboxylic acids is 1. The maximum atomic E-state index is 12.6. The number of halogens is 3. The predicted molar refractivity (Wildman–Crippen MR) is 102 cm³/mol. The number of aliphatic carboxylic acids is 1. The van der Waals surface area contributed by atoms with E-state index < -0.39 is 17.9 Å². The van der Waals surface area contributed by atoms with Gasteiger partial charge in [0.25, 0.3) is 6.10 Å². The number of ketones is 1. The molecule has 0 spiro atoms. The molecule has 1 aromatic carbocycles. The molecule has 7 nitrogen and oxygen atoms in total. The summed E-state index contributed by atoms with van der Waals surface area (Å²) in [7, 11) is 0. The molecule has 27 heavy (non-hydrogen) atoms. The van der Waals surface area contributed by atoms with Gasteiger partial charge < -0.3 is 9.84 Å². The van der Waals surface area contributed by atoms with Crippen LogP contribution in [-0.4, -0.2) is 37.7 Å². The third kappa shape index (κ3) is 4.47. The zero-order chi connectivity index (χ0) is 19.6. The van der Waals surface area contributed by atoms with Gasteiger partial charge in [0.05, 0.1) is 21.8 Å². The number of pyridine rings is 1. The fourth-order valence-electron chi connectivity index (χ4n) is 2.16. The molecule has 138 valence electrons. The molecule has 2 aromatic heterocycles. The summed E-state index contributed by atoms with van der Waals surface area (Å²) < 4.78 is 7.38. The molecule has 0 saturated heterocycles. The number of hydrogen-bond donors (Lipinski definition) is 1. The minimum atomic E-state index is -1.72. The molecule has 1 N–H and O–H groups in total. The second-order valence-electron chi connectivity index (χ2n) is 5.29. The third-order valence-corrected chi connectivity index (χ3v) is 4.42. The standard InChI is InChI=1S/C17H10BrCl2N3O4/c18-10-1-3-12(4-2-10)27-15(17(25)26)14(24)9-6-22-23(8-9)16-13(20)5-11(19)7-21-16/h1-8,15H,(H,25,26). The average molecular weight is 471 g/mol. The fourth-order valence-corrected chi connectivity index (χ4v) is 2.89. The van der Waals surface area contributed by atoms with Gasteiger partial charge in [-0.25, -0.2) is 14.5 Å². The van der Waals surface area contributed by atoms with Crippen LogP contribution in [0, 0.1) is 0 Å². The van der Waals surface area contributed by atoms with Crippen molar-refractivity contribution in [3.8, 4) is 11.6 Å². The molecule has 0 fully saturated rings. The van der Waals surface area contributed by atoms with Crippen LogP contribution in [0.4, 0.5) is 0 Å². The van der Waals surface area contributed by atoms with Crippen molar-refractivity contribution in [2.24, 2.45) is 0 Å². The first kappa shape index (κ1) is 19.3. The Bertz CT molecular complexity index is 1010. The highest BCUT2D eigenvalue weighted by Crippen LogP contribution is 2.22. The van der Waals surface area contributed by atoms with Gasteiger partial charge in [0.2, 0.25) is 5.78 Å². The molecule has 0 saturated carbocycles. The highest BCUT2D eigenvalue weighted by molar-refractivity contribution is 9.10. The van der Waals surface area contributed by atoms with Crippen molar-refractivity contribution in [2.75, 3.05) is 0 Å². The number of carbonyl (C=O) groups is 2. The largest absolute Gasteiger partial charge is 0.478 e. The molecule has 2 heterocycles. The van der Waals surface area contributed by atoms with Crippen molar-refractivity contribution in [1.82, 2.24) is 14.8 Å². The van der Waals surface area contributed by atoms with Gasteiger partial charge in [-0.3, -0.25) is 4.79 Å². The monoisotopic (exact) mass is 469 g/mol. The lowest BCUT2D eigenvalue weighted by Gasteiger charge is -2.13. The molecule has 3 aromatic rings. The van der Waals surface area contributed by atoms with Crippen LogP contribution in [-0.2, 0) is 4.79 Å². The minimum absolute atomic E-state index is 0.0346.